The first kappa shape index (κ1) is 14.8. The highest BCUT2D eigenvalue weighted by atomic mass is 16.4. The Bertz CT molecular complexity index is 616. The van der Waals surface area contributed by atoms with E-state index in [-0.39, 0.29) is 6.42 Å². The van der Waals surface area contributed by atoms with Gasteiger partial charge in [-0.1, -0.05) is 0 Å². The molecule has 0 fully saturated rings. The van der Waals surface area contributed by atoms with Crippen molar-refractivity contribution in [2.24, 2.45) is 0 Å². The molecule has 7 heteroatoms. The van der Waals surface area contributed by atoms with E-state index >= 15 is 0 Å². The van der Waals surface area contributed by atoms with E-state index in [1.54, 1.807) is 30.9 Å². The van der Waals surface area contributed by atoms with Crippen LogP contribution in [-0.2, 0) is 4.79 Å². The SMILES string of the molecule is CC(C)(CCC(=O)O)Nc1nccc(-c2cnccn2)n1. The van der Waals surface area contributed by atoms with Crippen molar-refractivity contribution in [3.8, 4) is 11.4 Å². The maximum absolute atomic E-state index is 10.7. The first-order valence-corrected chi connectivity index (χ1v) is 6.56. The Balaban J connectivity index is 2.13. The molecule has 0 atom stereocenters. The average molecular weight is 287 g/mol. The van der Waals surface area contributed by atoms with Gasteiger partial charge in [-0.15, -0.1) is 0 Å². The number of nitrogens with one attached hydrogen (secondary N) is 1. The molecule has 0 unspecified atom stereocenters. The Kier molecular flexibility index (Phi) is 4.42. The van der Waals surface area contributed by atoms with Crippen molar-refractivity contribution in [1.82, 2.24) is 19.9 Å². The number of aliphatic carboxylic acids is 1. The van der Waals surface area contributed by atoms with Gasteiger partial charge in [0.25, 0.3) is 0 Å². The molecule has 0 saturated heterocycles. The first-order valence-electron chi connectivity index (χ1n) is 6.56. The maximum atomic E-state index is 10.7. The molecule has 0 aliphatic heterocycles. The van der Waals surface area contributed by atoms with Crippen LogP contribution in [-0.4, -0.2) is 36.6 Å². The average Bonchev–Trinajstić information content (AvgIpc) is 2.46. The molecule has 0 aromatic carbocycles. The molecule has 2 N–H and O–H groups in total. The second-order valence-corrected chi connectivity index (χ2v) is 5.26. The van der Waals surface area contributed by atoms with E-state index in [0.29, 0.717) is 23.8 Å². The molecule has 0 amide bonds. The summed E-state index contributed by atoms with van der Waals surface area (Å²) >= 11 is 0. The van der Waals surface area contributed by atoms with Crippen LogP contribution in [0.5, 0.6) is 0 Å². The zero-order valence-corrected chi connectivity index (χ0v) is 11.9. The summed E-state index contributed by atoms with van der Waals surface area (Å²) in [6.07, 6.45) is 7.01. The predicted octanol–water partition coefficient (Wildman–Crippen LogP) is 1.99. The highest BCUT2D eigenvalue weighted by Gasteiger charge is 2.20. The summed E-state index contributed by atoms with van der Waals surface area (Å²) in [7, 11) is 0. The zero-order valence-electron chi connectivity index (χ0n) is 11.9. The summed E-state index contributed by atoms with van der Waals surface area (Å²) in [5.41, 5.74) is 0.903. The predicted molar refractivity (Wildman–Crippen MR) is 77.6 cm³/mol. The monoisotopic (exact) mass is 287 g/mol. The molecule has 0 aliphatic carbocycles. The van der Waals surface area contributed by atoms with Gasteiger partial charge in [-0.2, -0.15) is 0 Å². The molecule has 21 heavy (non-hydrogen) atoms. The molecular formula is C14H17N5O2. The van der Waals surface area contributed by atoms with Crippen LogP contribution in [0, 0.1) is 0 Å². The molecule has 0 saturated carbocycles. The van der Waals surface area contributed by atoms with Crippen LogP contribution in [0.4, 0.5) is 5.95 Å². The fourth-order valence-corrected chi connectivity index (χ4v) is 1.78. The van der Waals surface area contributed by atoms with Gasteiger partial charge < -0.3 is 10.4 Å². The van der Waals surface area contributed by atoms with Crippen molar-refractivity contribution in [3.05, 3.63) is 30.9 Å². The summed E-state index contributed by atoms with van der Waals surface area (Å²) in [6, 6.07) is 1.75. The van der Waals surface area contributed by atoms with Crippen molar-refractivity contribution < 1.29 is 9.90 Å². The van der Waals surface area contributed by atoms with Gasteiger partial charge in [-0.05, 0) is 26.3 Å². The minimum absolute atomic E-state index is 0.0872. The first-order chi connectivity index (χ1) is 9.96. The van der Waals surface area contributed by atoms with Crippen LogP contribution < -0.4 is 5.32 Å². The lowest BCUT2D eigenvalue weighted by Crippen LogP contribution is -2.32. The smallest absolute Gasteiger partial charge is 0.303 e. The Morgan fingerprint density at radius 2 is 2.05 bits per heavy atom. The summed E-state index contributed by atoms with van der Waals surface area (Å²) < 4.78 is 0. The van der Waals surface area contributed by atoms with E-state index in [1.807, 2.05) is 13.8 Å². The van der Waals surface area contributed by atoms with Crippen molar-refractivity contribution in [1.29, 1.82) is 0 Å². The number of hydrogen-bond acceptors (Lipinski definition) is 6. The Labute approximate surface area is 122 Å². The van der Waals surface area contributed by atoms with Gasteiger partial charge in [-0.3, -0.25) is 14.8 Å². The molecule has 2 aromatic heterocycles. The fraction of sp³-hybridized carbons (Fsp3) is 0.357. The number of nitrogens with zero attached hydrogens (tertiary/aromatic N) is 4. The number of carbonyl (C=O) groups is 1. The minimum Gasteiger partial charge on any atom is -0.481 e. The summed E-state index contributed by atoms with van der Waals surface area (Å²) in [4.78, 5) is 27.4. The molecule has 2 heterocycles. The molecule has 110 valence electrons. The Morgan fingerprint density at radius 3 is 2.71 bits per heavy atom. The van der Waals surface area contributed by atoms with Crippen molar-refractivity contribution in [2.45, 2.75) is 32.2 Å². The van der Waals surface area contributed by atoms with E-state index in [1.165, 1.54) is 0 Å². The van der Waals surface area contributed by atoms with E-state index in [0.717, 1.165) is 0 Å². The number of anilines is 1. The third-order valence-corrected chi connectivity index (χ3v) is 2.90. The van der Waals surface area contributed by atoms with Crippen LogP contribution in [0.2, 0.25) is 0 Å². The largest absolute Gasteiger partial charge is 0.481 e. The molecule has 7 nitrogen and oxygen atoms in total. The van der Waals surface area contributed by atoms with Gasteiger partial charge in [-0.25, -0.2) is 9.97 Å². The van der Waals surface area contributed by atoms with Crippen LogP contribution in [0.3, 0.4) is 0 Å². The van der Waals surface area contributed by atoms with Gasteiger partial charge >= 0.3 is 5.97 Å². The van der Waals surface area contributed by atoms with Gasteiger partial charge in [0, 0.05) is 30.6 Å². The lowest BCUT2D eigenvalue weighted by atomic mass is 9.99. The van der Waals surface area contributed by atoms with Crippen molar-refractivity contribution in [2.75, 3.05) is 5.32 Å². The van der Waals surface area contributed by atoms with E-state index in [4.69, 9.17) is 5.11 Å². The Hall–Kier alpha value is -2.57. The molecule has 0 radical (unpaired) electrons. The van der Waals surface area contributed by atoms with Gasteiger partial charge in [0.1, 0.15) is 5.69 Å². The van der Waals surface area contributed by atoms with E-state index in [2.05, 4.69) is 25.3 Å². The molecular weight excluding hydrogens is 270 g/mol. The lowest BCUT2D eigenvalue weighted by molar-refractivity contribution is -0.137. The highest BCUT2D eigenvalue weighted by Crippen LogP contribution is 2.19. The number of hydrogen-bond donors (Lipinski definition) is 2. The quantitative estimate of drug-likeness (QED) is 0.837. The van der Waals surface area contributed by atoms with Crippen molar-refractivity contribution in [3.63, 3.8) is 0 Å². The molecule has 2 aromatic rings. The van der Waals surface area contributed by atoms with Crippen LogP contribution in [0.15, 0.2) is 30.9 Å². The van der Waals surface area contributed by atoms with Gasteiger partial charge in [0.15, 0.2) is 0 Å². The minimum atomic E-state index is -0.820. The van der Waals surface area contributed by atoms with Crippen LogP contribution >= 0.6 is 0 Å². The van der Waals surface area contributed by atoms with Crippen LogP contribution in [0.25, 0.3) is 11.4 Å². The molecule has 0 spiro atoms. The normalized spacial score (nSPS) is 11.1. The standard InChI is InChI=1S/C14H17N5O2/c1-14(2,5-3-12(20)21)19-13-17-6-4-10(18-13)11-9-15-7-8-16-11/h4,6-9H,3,5H2,1-2H3,(H,20,21)(H,17,18,19). The Morgan fingerprint density at radius 1 is 1.24 bits per heavy atom. The molecule has 2 rings (SSSR count). The summed E-state index contributed by atoms with van der Waals surface area (Å²) in [6.45, 7) is 3.82. The van der Waals surface area contributed by atoms with Gasteiger partial charge in [0.05, 0.1) is 11.9 Å². The fourth-order valence-electron chi connectivity index (χ4n) is 1.78. The van der Waals surface area contributed by atoms with E-state index in [9.17, 15) is 4.79 Å². The second kappa shape index (κ2) is 6.25. The maximum Gasteiger partial charge on any atom is 0.303 e. The third-order valence-electron chi connectivity index (χ3n) is 2.90. The second-order valence-electron chi connectivity index (χ2n) is 5.26. The number of aromatic nitrogens is 4. The lowest BCUT2D eigenvalue weighted by Gasteiger charge is -2.25. The number of carboxylic acids is 1. The highest BCUT2D eigenvalue weighted by molar-refractivity contribution is 5.66. The topological polar surface area (TPSA) is 101 Å². The summed E-state index contributed by atoms with van der Waals surface area (Å²) in [5, 5.41) is 11.9. The number of rotatable bonds is 6. The van der Waals surface area contributed by atoms with Crippen LogP contribution in [0.1, 0.15) is 26.7 Å². The van der Waals surface area contributed by atoms with Crippen molar-refractivity contribution >= 4 is 11.9 Å². The van der Waals surface area contributed by atoms with Gasteiger partial charge in [0.2, 0.25) is 5.95 Å². The zero-order chi connectivity index (χ0) is 15.3. The summed E-state index contributed by atoms with van der Waals surface area (Å²) in [5.74, 6) is -0.382. The third kappa shape index (κ3) is 4.48. The molecule has 0 aliphatic rings. The number of carboxylic acid groups (broad SMARTS) is 1. The molecule has 0 bridgehead atoms. The van der Waals surface area contributed by atoms with E-state index < -0.39 is 11.5 Å².